The Balaban J connectivity index is 3.00. The van der Waals surface area contributed by atoms with E-state index < -0.39 is 11.7 Å². The van der Waals surface area contributed by atoms with Crippen molar-refractivity contribution < 1.29 is 9.84 Å². The first-order chi connectivity index (χ1) is 6.49. The van der Waals surface area contributed by atoms with Crippen molar-refractivity contribution in [1.82, 2.24) is 0 Å². The van der Waals surface area contributed by atoms with Crippen LogP contribution in [0.2, 0.25) is 0 Å². The molecule has 0 saturated carbocycles. The largest absolute Gasteiger partial charge is 0.385 e. The van der Waals surface area contributed by atoms with Crippen LogP contribution in [0.5, 0.6) is 0 Å². The molecule has 14 heavy (non-hydrogen) atoms. The van der Waals surface area contributed by atoms with Gasteiger partial charge >= 0.3 is 0 Å². The molecule has 0 aliphatic heterocycles. The first kappa shape index (κ1) is 11.2. The summed E-state index contributed by atoms with van der Waals surface area (Å²) in [6.45, 7) is 5.75. The second-order valence-electron chi connectivity index (χ2n) is 4.07. The molecule has 0 amide bonds. The fraction of sp³-hybridized carbons (Fsp3) is 0.500. The molecule has 1 rings (SSSR count). The van der Waals surface area contributed by atoms with Gasteiger partial charge in [0.1, 0.15) is 6.10 Å². The molecule has 0 aliphatic carbocycles. The van der Waals surface area contributed by atoms with Crippen LogP contribution in [-0.4, -0.2) is 17.8 Å². The summed E-state index contributed by atoms with van der Waals surface area (Å²) in [5, 5.41) is 10.1. The molecular weight excluding hydrogens is 176 g/mol. The summed E-state index contributed by atoms with van der Waals surface area (Å²) in [6.07, 6.45) is -0.589. The van der Waals surface area contributed by atoms with E-state index in [0.29, 0.717) is 0 Å². The number of rotatable bonds is 3. The number of hydrogen-bond donors (Lipinski definition) is 1. The molecule has 0 heterocycles. The Morgan fingerprint density at radius 2 is 1.86 bits per heavy atom. The lowest BCUT2D eigenvalue weighted by Gasteiger charge is -2.30. The topological polar surface area (TPSA) is 29.5 Å². The highest BCUT2D eigenvalue weighted by Crippen LogP contribution is 2.29. The Morgan fingerprint density at radius 1 is 1.29 bits per heavy atom. The minimum Gasteiger partial charge on any atom is -0.385 e. The highest BCUT2D eigenvalue weighted by atomic mass is 16.5. The quantitative estimate of drug-likeness (QED) is 0.801. The normalized spacial score (nSPS) is 14.1. The van der Waals surface area contributed by atoms with E-state index >= 15 is 0 Å². The van der Waals surface area contributed by atoms with Crippen molar-refractivity contribution in [1.29, 1.82) is 0 Å². The molecule has 0 saturated heterocycles. The monoisotopic (exact) mass is 194 g/mol. The molecule has 0 spiro atoms. The highest BCUT2D eigenvalue weighted by Gasteiger charge is 2.29. The van der Waals surface area contributed by atoms with E-state index in [1.165, 1.54) is 0 Å². The van der Waals surface area contributed by atoms with E-state index in [4.69, 9.17) is 4.74 Å². The number of benzene rings is 1. The Labute approximate surface area is 85.5 Å². The van der Waals surface area contributed by atoms with E-state index in [1.54, 1.807) is 7.11 Å². The minimum absolute atomic E-state index is 0.549. The van der Waals surface area contributed by atoms with Crippen molar-refractivity contribution in [3.8, 4) is 0 Å². The summed E-state index contributed by atoms with van der Waals surface area (Å²) in [5.41, 5.74) is 1.47. The maximum absolute atomic E-state index is 10.1. The van der Waals surface area contributed by atoms with Gasteiger partial charge < -0.3 is 9.84 Å². The molecule has 1 aromatic rings. The zero-order chi connectivity index (χ0) is 10.8. The van der Waals surface area contributed by atoms with Crippen LogP contribution in [0.1, 0.15) is 31.1 Å². The van der Waals surface area contributed by atoms with Crippen LogP contribution in [0.4, 0.5) is 0 Å². The van der Waals surface area contributed by atoms with Crippen molar-refractivity contribution >= 4 is 0 Å². The fourth-order valence-corrected chi connectivity index (χ4v) is 1.38. The second kappa shape index (κ2) is 4.11. The first-order valence-corrected chi connectivity index (χ1v) is 4.78. The zero-order valence-corrected chi connectivity index (χ0v) is 9.24. The Hall–Kier alpha value is -0.860. The van der Waals surface area contributed by atoms with Gasteiger partial charge in [0.15, 0.2) is 0 Å². The van der Waals surface area contributed by atoms with Crippen LogP contribution >= 0.6 is 0 Å². The average Bonchev–Trinajstić information content (AvgIpc) is 2.17. The van der Waals surface area contributed by atoms with E-state index in [2.05, 4.69) is 0 Å². The Kier molecular flexibility index (Phi) is 3.29. The molecule has 2 heteroatoms. The van der Waals surface area contributed by atoms with E-state index in [1.807, 2.05) is 45.0 Å². The zero-order valence-electron chi connectivity index (χ0n) is 9.24. The number of aryl methyl sites for hydroxylation is 1. The van der Waals surface area contributed by atoms with Gasteiger partial charge in [0, 0.05) is 7.11 Å². The standard InChI is InChI=1S/C12H18O2/c1-9-7-5-6-8-10(9)11(13)12(2,3)14-4/h5-8,11,13H,1-4H3. The highest BCUT2D eigenvalue weighted by molar-refractivity contribution is 5.29. The summed E-state index contributed by atoms with van der Waals surface area (Å²) >= 11 is 0. The van der Waals surface area contributed by atoms with Crippen molar-refractivity contribution in [2.24, 2.45) is 0 Å². The second-order valence-corrected chi connectivity index (χ2v) is 4.07. The molecule has 1 unspecified atom stereocenters. The van der Waals surface area contributed by atoms with Gasteiger partial charge in [0.25, 0.3) is 0 Å². The third kappa shape index (κ3) is 2.14. The van der Waals surface area contributed by atoms with Gasteiger partial charge in [-0.25, -0.2) is 0 Å². The SMILES string of the molecule is COC(C)(C)C(O)c1ccccc1C. The Bertz CT molecular complexity index is 305. The lowest BCUT2D eigenvalue weighted by molar-refractivity contribution is -0.0795. The number of aliphatic hydroxyl groups is 1. The Morgan fingerprint density at radius 3 is 2.36 bits per heavy atom. The third-order valence-corrected chi connectivity index (χ3v) is 2.67. The predicted molar refractivity (Wildman–Crippen MR) is 57.2 cm³/mol. The maximum atomic E-state index is 10.1. The van der Waals surface area contributed by atoms with Gasteiger partial charge in [-0.15, -0.1) is 0 Å². The van der Waals surface area contributed by atoms with Crippen LogP contribution in [0.25, 0.3) is 0 Å². The van der Waals surface area contributed by atoms with Crippen molar-refractivity contribution in [3.63, 3.8) is 0 Å². The van der Waals surface area contributed by atoms with E-state index in [9.17, 15) is 5.11 Å². The summed E-state index contributed by atoms with van der Waals surface area (Å²) in [6, 6.07) is 7.81. The van der Waals surface area contributed by atoms with E-state index in [0.717, 1.165) is 11.1 Å². The molecule has 0 bridgehead atoms. The van der Waals surface area contributed by atoms with Crippen molar-refractivity contribution in [2.45, 2.75) is 32.5 Å². The molecular formula is C12H18O2. The van der Waals surface area contributed by atoms with Gasteiger partial charge in [0.2, 0.25) is 0 Å². The van der Waals surface area contributed by atoms with Crippen LogP contribution < -0.4 is 0 Å². The molecule has 1 N–H and O–H groups in total. The molecule has 78 valence electrons. The number of methoxy groups -OCH3 is 1. The van der Waals surface area contributed by atoms with Crippen molar-refractivity contribution in [3.05, 3.63) is 35.4 Å². The summed E-state index contributed by atoms with van der Waals surface area (Å²) < 4.78 is 5.26. The third-order valence-electron chi connectivity index (χ3n) is 2.67. The first-order valence-electron chi connectivity index (χ1n) is 4.78. The van der Waals surface area contributed by atoms with Gasteiger partial charge in [-0.05, 0) is 31.9 Å². The molecule has 1 atom stereocenters. The summed E-state index contributed by atoms with van der Waals surface area (Å²) in [4.78, 5) is 0. The lowest BCUT2D eigenvalue weighted by Crippen LogP contribution is -2.31. The van der Waals surface area contributed by atoms with Crippen LogP contribution in [0, 0.1) is 6.92 Å². The molecule has 1 aromatic carbocycles. The van der Waals surface area contributed by atoms with E-state index in [-0.39, 0.29) is 0 Å². The average molecular weight is 194 g/mol. The van der Waals surface area contributed by atoms with Crippen LogP contribution in [0.3, 0.4) is 0 Å². The van der Waals surface area contributed by atoms with Gasteiger partial charge in [-0.3, -0.25) is 0 Å². The number of ether oxygens (including phenoxy) is 1. The lowest BCUT2D eigenvalue weighted by atomic mass is 9.92. The van der Waals surface area contributed by atoms with Crippen molar-refractivity contribution in [2.75, 3.05) is 7.11 Å². The fourth-order valence-electron chi connectivity index (χ4n) is 1.38. The number of hydrogen-bond acceptors (Lipinski definition) is 2. The smallest absolute Gasteiger partial charge is 0.108 e. The number of aliphatic hydroxyl groups excluding tert-OH is 1. The van der Waals surface area contributed by atoms with Crippen LogP contribution in [0.15, 0.2) is 24.3 Å². The molecule has 2 nitrogen and oxygen atoms in total. The molecule has 0 fully saturated rings. The predicted octanol–water partition coefficient (Wildman–Crippen LogP) is 2.45. The summed E-state index contributed by atoms with van der Waals surface area (Å²) in [7, 11) is 1.61. The molecule has 0 radical (unpaired) electrons. The van der Waals surface area contributed by atoms with Gasteiger partial charge in [-0.2, -0.15) is 0 Å². The van der Waals surface area contributed by atoms with Gasteiger partial charge in [-0.1, -0.05) is 24.3 Å². The van der Waals surface area contributed by atoms with Gasteiger partial charge in [0.05, 0.1) is 5.60 Å². The molecule has 0 aliphatic rings. The summed E-state index contributed by atoms with van der Waals surface area (Å²) in [5.74, 6) is 0. The molecule has 0 aromatic heterocycles. The minimum atomic E-state index is -0.589. The maximum Gasteiger partial charge on any atom is 0.108 e. The van der Waals surface area contributed by atoms with Crippen LogP contribution in [-0.2, 0) is 4.74 Å².